The molecule has 4 heteroatoms. The maximum atomic E-state index is 8.63. The Kier molecular flexibility index (Phi) is 7.01. The molecule has 0 aromatic heterocycles. The van der Waals surface area contributed by atoms with Crippen LogP contribution in [-0.2, 0) is 6.42 Å². The normalized spacial score (nSPS) is 10.5. The van der Waals surface area contributed by atoms with Crippen molar-refractivity contribution in [1.29, 1.82) is 0 Å². The summed E-state index contributed by atoms with van der Waals surface area (Å²) in [6, 6.07) is 5.89. The highest BCUT2D eigenvalue weighted by Gasteiger charge is 2.02. The molecule has 1 rings (SSSR count). The molecular formula is C13H20ClNO2. The lowest BCUT2D eigenvalue weighted by Crippen LogP contribution is -2.19. The summed E-state index contributed by atoms with van der Waals surface area (Å²) >= 11 is 6.09. The van der Waals surface area contributed by atoms with Crippen LogP contribution < -0.4 is 10.1 Å². The number of hydrogen-bond donors (Lipinski definition) is 2. The van der Waals surface area contributed by atoms with Crippen LogP contribution in [0.5, 0.6) is 5.75 Å². The highest BCUT2D eigenvalue weighted by Crippen LogP contribution is 2.25. The van der Waals surface area contributed by atoms with Crippen LogP contribution in [0.25, 0.3) is 0 Å². The van der Waals surface area contributed by atoms with Gasteiger partial charge in [0.25, 0.3) is 0 Å². The molecule has 1 aromatic rings. The molecule has 0 spiro atoms. The third-order valence-electron chi connectivity index (χ3n) is 2.40. The van der Waals surface area contributed by atoms with E-state index < -0.39 is 0 Å². The van der Waals surface area contributed by atoms with Crippen molar-refractivity contribution in [3.8, 4) is 5.75 Å². The van der Waals surface area contributed by atoms with Gasteiger partial charge in [-0.2, -0.15) is 0 Å². The van der Waals surface area contributed by atoms with Gasteiger partial charge in [0, 0.05) is 6.61 Å². The van der Waals surface area contributed by atoms with Crippen LogP contribution in [0, 0.1) is 0 Å². The Labute approximate surface area is 108 Å². The molecular weight excluding hydrogens is 238 g/mol. The molecule has 0 unspecified atom stereocenters. The number of ether oxygens (including phenoxy) is 1. The zero-order valence-corrected chi connectivity index (χ0v) is 11.0. The maximum Gasteiger partial charge on any atom is 0.137 e. The van der Waals surface area contributed by atoms with Gasteiger partial charge in [-0.05, 0) is 50.6 Å². The molecule has 0 fully saturated rings. The summed E-state index contributed by atoms with van der Waals surface area (Å²) in [5, 5.41) is 12.6. The Morgan fingerprint density at radius 3 is 2.82 bits per heavy atom. The van der Waals surface area contributed by atoms with Crippen molar-refractivity contribution in [2.75, 3.05) is 26.3 Å². The highest BCUT2D eigenvalue weighted by molar-refractivity contribution is 6.32. The molecule has 0 aliphatic carbocycles. The van der Waals surface area contributed by atoms with Crippen molar-refractivity contribution < 1.29 is 9.84 Å². The molecule has 0 aliphatic heterocycles. The number of aliphatic hydroxyl groups excluding tert-OH is 1. The van der Waals surface area contributed by atoms with E-state index >= 15 is 0 Å². The Morgan fingerprint density at radius 1 is 1.35 bits per heavy atom. The van der Waals surface area contributed by atoms with E-state index in [0.717, 1.165) is 31.7 Å². The predicted octanol–water partition coefficient (Wildman–Crippen LogP) is 2.25. The number of nitrogens with one attached hydrogen (secondary N) is 1. The van der Waals surface area contributed by atoms with Crippen molar-refractivity contribution in [1.82, 2.24) is 5.32 Å². The molecule has 17 heavy (non-hydrogen) atoms. The number of aliphatic hydroxyl groups is 1. The molecule has 2 N–H and O–H groups in total. The van der Waals surface area contributed by atoms with E-state index in [1.807, 2.05) is 25.1 Å². The number of hydrogen-bond acceptors (Lipinski definition) is 3. The van der Waals surface area contributed by atoms with E-state index in [-0.39, 0.29) is 6.61 Å². The maximum absolute atomic E-state index is 8.63. The fourth-order valence-corrected chi connectivity index (χ4v) is 1.79. The molecule has 3 nitrogen and oxygen atoms in total. The third kappa shape index (κ3) is 5.39. The van der Waals surface area contributed by atoms with Crippen LogP contribution in [0.2, 0.25) is 5.02 Å². The molecule has 0 aliphatic rings. The van der Waals surface area contributed by atoms with Gasteiger partial charge in [0.05, 0.1) is 11.6 Å². The van der Waals surface area contributed by atoms with Gasteiger partial charge < -0.3 is 15.2 Å². The van der Waals surface area contributed by atoms with Crippen LogP contribution in [0.3, 0.4) is 0 Å². The van der Waals surface area contributed by atoms with Gasteiger partial charge in [-0.1, -0.05) is 17.7 Å². The second-order valence-electron chi connectivity index (χ2n) is 3.77. The van der Waals surface area contributed by atoms with Gasteiger partial charge >= 0.3 is 0 Å². The van der Waals surface area contributed by atoms with Crippen LogP contribution in [-0.4, -0.2) is 31.4 Å². The molecule has 0 heterocycles. The second-order valence-corrected chi connectivity index (χ2v) is 4.18. The average molecular weight is 258 g/mol. The van der Waals surface area contributed by atoms with Gasteiger partial charge in [-0.15, -0.1) is 0 Å². The van der Waals surface area contributed by atoms with Crippen LogP contribution in [0.15, 0.2) is 18.2 Å². The summed E-state index contributed by atoms with van der Waals surface area (Å²) in [6.07, 6.45) is 1.72. The SMILES string of the molecule is CCOc1ccc(CCNCCCO)cc1Cl. The molecule has 0 saturated heterocycles. The molecule has 0 atom stereocenters. The van der Waals surface area contributed by atoms with E-state index in [2.05, 4.69) is 5.32 Å². The van der Waals surface area contributed by atoms with Crippen LogP contribution >= 0.6 is 11.6 Å². The third-order valence-corrected chi connectivity index (χ3v) is 2.69. The van der Waals surface area contributed by atoms with Gasteiger partial charge in [-0.3, -0.25) is 0 Å². The van der Waals surface area contributed by atoms with Crippen LogP contribution in [0.1, 0.15) is 18.9 Å². The first-order chi connectivity index (χ1) is 8.27. The first-order valence-corrected chi connectivity index (χ1v) is 6.38. The van der Waals surface area contributed by atoms with E-state index in [4.69, 9.17) is 21.4 Å². The summed E-state index contributed by atoms with van der Waals surface area (Å²) in [5.74, 6) is 0.742. The average Bonchev–Trinajstić information content (AvgIpc) is 2.32. The minimum absolute atomic E-state index is 0.238. The Morgan fingerprint density at radius 2 is 2.18 bits per heavy atom. The molecule has 1 aromatic carbocycles. The minimum Gasteiger partial charge on any atom is -0.492 e. The summed E-state index contributed by atoms with van der Waals surface area (Å²) in [7, 11) is 0. The monoisotopic (exact) mass is 257 g/mol. The quantitative estimate of drug-likeness (QED) is 0.702. The molecule has 0 amide bonds. The fraction of sp³-hybridized carbons (Fsp3) is 0.538. The first-order valence-electron chi connectivity index (χ1n) is 6.00. The van der Waals surface area contributed by atoms with Crippen molar-refractivity contribution in [3.63, 3.8) is 0 Å². The Hall–Kier alpha value is -0.770. The molecule has 0 bridgehead atoms. The number of benzene rings is 1. The first kappa shape index (κ1) is 14.3. The lowest BCUT2D eigenvalue weighted by atomic mass is 10.1. The van der Waals surface area contributed by atoms with Crippen molar-refractivity contribution in [3.05, 3.63) is 28.8 Å². The van der Waals surface area contributed by atoms with Crippen molar-refractivity contribution >= 4 is 11.6 Å². The number of rotatable bonds is 8. The minimum atomic E-state index is 0.238. The van der Waals surface area contributed by atoms with Crippen molar-refractivity contribution in [2.45, 2.75) is 19.8 Å². The topological polar surface area (TPSA) is 41.5 Å². The summed E-state index contributed by atoms with van der Waals surface area (Å²) < 4.78 is 5.37. The molecule has 0 radical (unpaired) electrons. The van der Waals surface area contributed by atoms with Gasteiger partial charge in [0.1, 0.15) is 5.75 Å². The lowest BCUT2D eigenvalue weighted by Gasteiger charge is -2.08. The zero-order chi connectivity index (χ0) is 12.5. The van der Waals surface area contributed by atoms with Crippen LogP contribution in [0.4, 0.5) is 0 Å². The van der Waals surface area contributed by atoms with E-state index in [1.165, 1.54) is 5.56 Å². The zero-order valence-electron chi connectivity index (χ0n) is 10.2. The summed E-state index contributed by atoms with van der Waals surface area (Å²) in [4.78, 5) is 0. The largest absolute Gasteiger partial charge is 0.492 e. The highest BCUT2D eigenvalue weighted by atomic mass is 35.5. The molecule has 96 valence electrons. The van der Waals surface area contributed by atoms with E-state index in [0.29, 0.717) is 11.6 Å². The predicted molar refractivity (Wildman–Crippen MR) is 70.9 cm³/mol. The van der Waals surface area contributed by atoms with E-state index in [1.54, 1.807) is 0 Å². The summed E-state index contributed by atoms with van der Waals surface area (Å²) in [6.45, 7) is 4.55. The molecule has 0 saturated carbocycles. The number of halogens is 1. The summed E-state index contributed by atoms with van der Waals surface area (Å²) in [5.41, 5.74) is 1.19. The standard InChI is InChI=1S/C13H20ClNO2/c1-2-17-13-5-4-11(10-12(13)14)6-8-15-7-3-9-16/h4-5,10,15-16H,2-3,6-9H2,1H3. The fourth-order valence-electron chi connectivity index (χ4n) is 1.53. The van der Waals surface area contributed by atoms with Gasteiger partial charge in [0.2, 0.25) is 0 Å². The van der Waals surface area contributed by atoms with Gasteiger partial charge in [0.15, 0.2) is 0 Å². The van der Waals surface area contributed by atoms with Crippen molar-refractivity contribution in [2.24, 2.45) is 0 Å². The second kappa shape index (κ2) is 8.34. The Balaban J connectivity index is 2.36. The lowest BCUT2D eigenvalue weighted by molar-refractivity contribution is 0.286. The van der Waals surface area contributed by atoms with E-state index in [9.17, 15) is 0 Å². The Bertz CT molecular complexity index is 331. The smallest absolute Gasteiger partial charge is 0.137 e. The van der Waals surface area contributed by atoms with Gasteiger partial charge in [-0.25, -0.2) is 0 Å².